The fraction of sp³-hybridized carbons (Fsp3) is 0.316. The summed E-state index contributed by atoms with van der Waals surface area (Å²) >= 11 is 0. The third-order valence-corrected chi connectivity index (χ3v) is 4.04. The summed E-state index contributed by atoms with van der Waals surface area (Å²) < 4.78 is 1.82. The van der Waals surface area contributed by atoms with Gasteiger partial charge in [0.2, 0.25) is 0 Å². The molecule has 0 aliphatic carbocycles. The van der Waals surface area contributed by atoms with E-state index in [1.807, 2.05) is 49.7 Å². The summed E-state index contributed by atoms with van der Waals surface area (Å²) in [6.45, 7) is 6.05. The third-order valence-electron chi connectivity index (χ3n) is 4.04. The van der Waals surface area contributed by atoms with Crippen LogP contribution in [0.25, 0.3) is 11.0 Å². The van der Waals surface area contributed by atoms with Gasteiger partial charge in [0.1, 0.15) is 0 Å². The summed E-state index contributed by atoms with van der Waals surface area (Å²) in [6, 6.07) is 9.43. The van der Waals surface area contributed by atoms with E-state index >= 15 is 0 Å². The first-order valence-corrected chi connectivity index (χ1v) is 8.35. The number of carbonyl (C=O) groups is 1. The number of anilines is 1. The lowest BCUT2D eigenvalue weighted by Gasteiger charge is -2.10. The quantitative estimate of drug-likeness (QED) is 0.749. The highest BCUT2D eigenvalue weighted by molar-refractivity contribution is 6.12. The van der Waals surface area contributed by atoms with Crippen molar-refractivity contribution >= 4 is 22.6 Å². The monoisotopic (exact) mass is 338 g/mol. The Labute approximate surface area is 146 Å². The number of hydrogen-bond donors (Lipinski definition) is 2. The molecular formula is C19H22N4O2. The average molecular weight is 338 g/mol. The Morgan fingerprint density at radius 3 is 2.64 bits per heavy atom. The van der Waals surface area contributed by atoms with Crippen LogP contribution < -0.4 is 5.32 Å². The number of nitrogens with zero attached hydrogens (tertiary/aromatic N) is 3. The standard InChI is InChI=1S/C19H22N4O2/c1-12(2)23-18-17(11-20-23)16(10-13(3)21-18)19(25)22-15-6-4-14(5-7-15)8-9-24/h4-7,10-12,24H,8-9H2,1-3H3,(H,22,25). The van der Waals surface area contributed by atoms with Crippen LogP contribution in [0.5, 0.6) is 0 Å². The first-order valence-electron chi connectivity index (χ1n) is 8.35. The van der Waals surface area contributed by atoms with E-state index in [4.69, 9.17) is 5.11 Å². The number of fused-ring (bicyclic) bond motifs is 1. The lowest BCUT2D eigenvalue weighted by molar-refractivity contribution is 0.102. The zero-order valence-electron chi connectivity index (χ0n) is 14.7. The van der Waals surface area contributed by atoms with Gasteiger partial charge in [-0.25, -0.2) is 9.67 Å². The second-order valence-corrected chi connectivity index (χ2v) is 6.36. The highest BCUT2D eigenvalue weighted by atomic mass is 16.3. The molecule has 0 bridgehead atoms. The summed E-state index contributed by atoms with van der Waals surface area (Å²) in [5.74, 6) is -0.186. The molecule has 130 valence electrons. The first kappa shape index (κ1) is 17.1. The van der Waals surface area contributed by atoms with Crippen LogP contribution >= 0.6 is 0 Å². The van der Waals surface area contributed by atoms with Crippen LogP contribution in [-0.2, 0) is 6.42 Å². The molecule has 0 aliphatic rings. The number of aliphatic hydroxyl groups excluding tert-OH is 1. The van der Waals surface area contributed by atoms with Gasteiger partial charge in [0.15, 0.2) is 5.65 Å². The fourth-order valence-electron chi connectivity index (χ4n) is 2.79. The predicted octanol–water partition coefficient (Wildman–Crippen LogP) is 3.11. The van der Waals surface area contributed by atoms with Crippen molar-refractivity contribution in [2.24, 2.45) is 0 Å². The zero-order valence-corrected chi connectivity index (χ0v) is 14.7. The van der Waals surface area contributed by atoms with E-state index in [9.17, 15) is 4.79 Å². The molecule has 0 aliphatic heterocycles. The molecule has 1 amide bonds. The summed E-state index contributed by atoms with van der Waals surface area (Å²) in [7, 11) is 0. The molecule has 1 aromatic carbocycles. The van der Waals surface area contributed by atoms with E-state index in [1.54, 1.807) is 12.3 Å². The van der Waals surface area contributed by atoms with E-state index in [-0.39, 0.29) is 18.6 Å². The van der Waals surface area contributed by atoms with Crippen molar-refractivity contribution < 1.29 is 9.90 Å². The number of aliphatic hydroxyl groups is 1. The van der Waals surface area contributed by atoms with Gasteiger partial charge in [-0.2, -0.15) is 5.10 Å². The highest BCUT2D eigenvalue weighted by Gasteiger charge is 2.17. The number of aromatic nitrogens is 3. The largest absolute Gasteiger partial charge is 0.396 e. The summed E-state index contributed by atoms with van der Waals surface area (Å²) in [6.07, 6.45) is 2.30. The second kappa shape index (κ2) is 7.03. The Balaban J connectivity index is 1.91. The lowest BCUT2D eigenvalue weighted by atomic mass is 10.1. The van der Waals surface area contributed by atoms with E-state index in [0.29, 0.717) is 17.7 Å². The van der Waals surface area contributed by atoms with Crippen LogP contribution in [0.3, 0.4) is 0 Å². The first-order chi connectivity index (χ1) is 12.0. The number of amides is 1. The van der Waals surface area contributed by atoms with Crippen LogP contribution in [0.15, 0.2) is 36.5 Å². The Kier molecular flexibility index (Phi) is 4.81. The smallest absolute Gasteiger partial charge is 0.256 e. The topological polar surface area (TPSA) is 80.0 Å². The molecule has 2 heterocycles. The Morgan fingerprint density at radius 1 is 1.28 bits per heavy atom. The van der Waals surface area contributed by atoms with Crippen molar-refractivity contribution in [1.29, 1.82) is 0 Å². The maximum absolute atomic E-state index is 12.8. The minimum absolute atomic E-state index is 0.111. The van der Waals surface area contributed by atoms with Crippen LogP contribution in [0.4, 0.5) is 5.69 Å². The van der Waals surface area contributed by atoms with Gasteiger partial charge in [0, 0.05) is 24.0 Å². The average Bonchev–Trinajstić information content (AvgIpc) is 3.00. The third kappa shape index (κ3) is 3.53. The molecule has 3 aromatic rings. The molecule has 25 heavy (non-hydrogen) atoms. The minimum Gasteiger partial charge on any atom is -0.396 e. The van der Waals surface area contributed by atoms with Gasteiger partial charge >= 0.3 is 0 Å². The molecule has 6 heteroatoms. The summed E-state index contributed by atoms with van der Waals surface area (Å²) in [5, 5.41) is 17.0. The van der Waals surface area contributed by atoms with Gasteiger partial charge < -0.3 is 10.4 Å². The molecule has 0 saturated heterocycles. The minimum atomic E-state index is -0.186. The van der Waals surface area contributed by atoms with Crippen LogP contribution in [0, 0.1) is 6.92 Å². The molecule has 6 nitrogen and oxygen atoms in total. The number of carbonyl (C=O) groups excluding carboxylic acids is 1. The highest BCUT2D eigenvalue weighted by Crippen LogP contribution is 2.22. The normalized spacial score (nSPS) is 11.2. The van der Waals surface area contributed by atoms with Crippen molar-refractivity contribution in [3.05, 3.63) is 53.3 Å². The van der Waals surface area contributed by atoms with E-state index < -0.39 is 0 Å². The molecule has 0 saturated carbocycles. The van der Waals surface area contributed by atoms with E-state index in [2.05, 4.69) is 15.4 Å². The van der Waals surface area contributed by atoms with Gasteiger partial charge in [0.25, 0.3) is 5.91 Å². The molecule has 0 atom stereocenters. The molecule has 3 rings (SSSR count). The van der Waals surface area contributed by atoms with Crippen LogP contribution in [0.2, 0.25) is 0 Å². The predicted molar refractivity (Wildman–Crippen MR) is 97.8 cm³/mol. The van der Waals surface area contributed by atoms with Gasteiger partial charge in [-0.1, -0.05) is 12.1 Å². The van der Waals surface area contributed by atoms with Gasteiger partial charge in [-0.05, 0) is 51.0 Å². The number of benzene rings is 1. The van der Waals surface area contributed by atoms with Gasteiger partial charge in [-0.15, -0.1) is 0 Å². The zero-order chi connectivity index (χ0) is 18.0. The van der Waals surface area contributed by atoms with Gasteiger partial charge in [0.05, 0.1) is 17.1 Å². The number of aryl methyl sites for hydroxylation is 1. The van der Waals surface area contributed by atoms with Crippen LogP contribution in [0.1, 0.15) is 41.5 Å². The number of pyridine rings is 1. The van der Waals surface area contributed by atoms with E-state index in [0.717, 1.165) is 22.3 Å². The molecule has 0 spiro atoms. The number of nitrogens with one attached hydrogen (secondary N) is 1. The number of hydrogen-bond acceptors (Lipinski definition) is 4. The maximum atomic E-state index is 12.8. The van der Waals surface area contributed by atoms with Crippen molar-refractivity contribution in [1.82, 2.24) is 14.8 Å². The molecule has 2 aromatic heterocycles. The molecular weight excluding hydrogens is 316 g/mol. The molecule has 0 unspecified atom stereocenters. The Morgan fingerprint density at radius 2 is 2.00 bits per heavy atom. The maximum Gasteiger partial charge on any atom is 0.256 e. The van der Waals surface area contributed by atoms with Gasteiger partial charge in [-0.3, -0.25) is 4.79 Å². The second-order valence-electron chi connectivity index (χ2n) is 6.36. The van der Waals surface area contributed by atoms with Crippen molar-refractivity contribution in [2.45, 2.75) is 33.2 Å². The van der Waals surface area contributed by atoms with E-state index in [1.165, 1.54) is 0 Å². The van der Waals surface area contributed by atoms with Crippen LogP contribution in [-0.4, -0.2) is 32.4 Å². The number of rotatable bonds is 5. The Bertz CT molecular complexity index is 898. The lowest BCUT2D eigenvalue weighted by Crippen LogP contribution is -2.13. The molecule has 0 fully saturated rings. The summed E-state index contributed by atoms with van der Waals surface area (Å²) in [5.41, 5.74) is 3.80. The molecule has 0 radical (unpaired) electrons. The van der Waals surface area contributed by atoms with Crippen molar-refractivity contribution in [2.75, 3.05) is 11.9 Å². The molecule has 2 N–H and O–H groups in total. The van der Waals surface area contributed by atoms with Crippen molar-refractivity contribution in [3.63, 3.8) is 0 Å². The fourth-order valence-corrected chi connectivity index (χ4v) is 2.79. The Hall–Kier alpha value is -2.73. The summed E-state index contributed by atoms with van der Waals surface area (Å²) in [4.78, 5) is 17.3. The SMILES string of the molecule is Cc1cc(C(=O)Nc2ccc(CCO)cc2)c2cnn(C(C)C)c2n1. The van der Waals surface area contributed by atoms with Crippen molar-refractivity contribution in [3.8, 4) is 0 Å².